The Bertz CT molecular complexity index is 525. The van der Waals surface area contributed by atoms with Crippen molar-refractivity contribution in [3.05, 3.63) is 29.8 Å². The average molecular weight is 306 g/mol. The molecule has 1 N–H and O–H groups in total. The largest absolute Gasteiger partial charge is 0.493 e. The summed E-state index contributed by atoms with van der Waals surface area (Å²) in [5.41, 5.74) is 1.05. The number of aryl methyl sites for hydroxylation is 1. The van der Waals surface area contributed by atoms with Crippen molar-refractivity contribution in [1.82, 2.24) is 9.80 Å². The van der Waals surface area contributed by atoms with E-state index in [0.717, 1.165) is 11.3 Å². The predicted octanol–water partition coefficient (Wildman–Crippen LogP) is 0.993. The third-order valence-corrected chi connectivity index (χ3v) is 3.75. The molecule has 0 spiro atoms. The molecule has 1 aromatic rings. The Morgan fingerprint density at radius 3 is 2.50 bits per heavy atom. The first-order valence-corrected chi connectivity index (χ1v) is 7.46. The number of carbonyl (C=O) groups is 2. The second-order valence-corrected chi connectivity index (χ2v) is 5.41. The molecule has 1 aliphatic heterocycles. The average Bonchev–Trinajstić information content (AvgIpc) is 2.49. The van der Waals surface area contributed by atoms with E-state index in [1.807, 2.05) is 36.1 Å². The molecule has 22 heavy (non-hydrogen) atoms. The number of aliphatic carboxylic acids is 1. The molecule has 120 valence electrons. The van der Waals surface area contributed by atoms with Gasteiger partial charge in [-0.1, -0.05) is 18.2 Å². The van der Waals surface area contributed by atoms with Gasteiger partial charge in [0.05, 0.1) is 19.6 Å². The van der Waals surface area contributed by atoms with Gasteiger partial charge in [-0.2, -0.15) is 0 Å². The molecule has 0 atom stereocenters. The van der Waals surface area contributed by atoms with Gasteiger partial charge in [-0.15, -0.1) is 0 Å². The monoisotopic (exact) mass is 306 g/mol. The second kappa shape index (κ2) is 7.79. The highest BCUT2D eigenvalue weighted by molar-refractivity contribution is 5.76. The molecule has 6 nitrogen and oxygen atoms in total. The van der Waals surface area contributed by atoms with E-state index in [1.165, 1.54) is 0 Å². The van der Waals surface area contributed by atoms with Gasteiger partial charge >= 0.3 is 5.97 Å². The fraction of sp³-hybridized carbons (Fsp3) is 0.500. The molecule has 1 aliphatic rings. The minimum atomic E-state index is -0.827. The molecular formula is C16H22N2O4. The Balaban J connectivity index is 1.70. The SMILES string of the molecule is Cc1ccccc1OCCC(=O)N1CCN(CC(=O)O)CC1. The summed E-state index contributed by atoms with van der Waals surface area (Å²) in [5, 5.41) is 8.75. The van der Waals surface area contributed by atoms with Gasteiger partial charge in [-0.05, 0) is 18.6 Å². The van der Waals surface area contributed by atoms with Crippen LogP contribution in [0.25, 0.3) is 0 Å². The molecule has 0 bridgehead atoms. The smallest absolute Gasteiger partial charge is 0.317 e. The number of carbonyl (C=O) groups excluding carboxylic acids is 1. The van der Waals surface area contributed by atoms with Gasteiger partial charge in [0.1, 0.15) is 5.75 Å². The van der Waals surface area contributed by atoms with Crippen LogP contribution in [-0.4, -0.2) is 66.1 Å². The van der Waals surface area contributed by atoms with Gasteiger partial charge in [0, 0.05) is 26.2 Å². The zero-order valence-electron chi connectivity index (χ0n) is 12.8. The minimum absolute atomic E-state index is 0.0401. The van der Waals surface area contributed by atoms with E-state index < -0.39 is 5.97 Å². The Kier molecular flexibility index (Phi) is 5.77. The molecule has 6 heteroatoms. The van der Waals surface area contributed by atoms with Crippen molar-refractivity contribution < 1.29 is 19.4 Å². The van der Waals surface area contributed by atoms with Gasteiger partial charge < -0.3 is 14.7 Å². The third kappa shape index (κ3) is 4.73. The van der Waals surface area contributed by atoms with E-state index in [0.29, 0.717) is 39.2 Å². The molecule has 0 radical (unpaired) electrons. The molecule has 0 aromatic heterocycles. The van der Waals surface area contributed by atoms with Crippen molar-refractivity contribution in [2.75, 3.05) is 39.3 Å². The van der Waals surface area contributed by atoms with Crippen LogP contribution >= 0.6 is 0 Å². The summed E-state index contributed by atoms with van der Waals surface area (Å²) in [7, 11) is 0. The fourth-order valence-electron chi connectivity index (χ4n) is 2.47. The lowest BCUT2D eigenvalue weighted by atomic mass is 10.2. The van der Waals surface area contributed by atoms with Gasteiger partial charge in [0.25, 0.3) is 0 Å². The van der Waals surface area contributed by atoms with Gasteiger partial charge in [-0.25, -0.2) is 0 Å². The van der Waals surface area contributed by atoms with E-state index in [2.05, 4.69) is 0 Å². The molecule has 0 aliphatic carbocycles. The van der Waals surface area contributed by atoms with E-state index in [-0.39, 0.29) is 12.5 Å². The molecule has 1 fully saturated rings. The number of rotatable bonds is 6. The summed E-state index contributed by atoms with van der Waals surface area (Å²) in [6.07, 6.45) is 0.341. The van der Waals surface area contributed by atoms with Crippen LogP contribution < -0.4 is 4.74 Å². The highest BCUT2D eigenvalue weighted by Gasteiger charge is 2.21. The summed E-state index contributed by atoms with van der Waals surface area (Å²) in [5.74, 6) is 0.0385. The zero-order valence-corrected chi connectivity index (χ0v) is 12.8. The van der Waals surface area contributed by atoms with Crippen LogP contribution in [0.3, 0.4) is 0 Å². The maximum absolute atomic E-state index is 12.1. The van der Waals surface area contributed by atoms with Gasteiger partial charge in [0.2, 0.25) is 5.91 Å². The van der Waals surface area contributed by atoms with Crippen LogP contribution in [0.15, 0.2) is 24.3 Å². The summed E-state index contributed by atoms with van der Waals surface area (Å²) in [6, 6.07) is 7.72. The Labute approximate surface area is 130 Å². The predicted molar refractivity (Wildman–Crippen MR) is 81.9 cm³/mol. The summed E-state index contributed by atoms with van der Waals surface area (Å²) in [4.78, 5) is 26.4. The second-order valence-electron chi connectivity index (χ2n) is 5.41. The maximum atomic E-state index is 12.1. The lowest BCUT2D eigenvalue weighted by Crippen LogP contribution is -2.50. The topological polar surface area (TPSA) is 70.1 Å². The summed E-state index contributed by atoms with van der Waals surface area (Å²) >= 11 is 0. The van der Waals surface area contributed by atoms with Crippen molar-refractivity contribution in [2.45, 2.75) is 13.3 Å². The van der Waals surface area contributed by atoms with Crippen molar-refractivity contribution >= 4 is 11.9 Å². The van der Waals surface area contributed by atoms with Crippen LogP contribution in [0.5, 0.6) is 5.75 Å². The molecule has 2 rings (SSSR count). The standard InChI is InChI=1S/C16H22N2O4/c1-13-4-2-3-5-14(13)22-11-6-15(19)18-9-7-17(8-10-18)12-16(20)21/h2-5H,6-12H2,1H3,(H,20,21). The number of hydrogen-bond acceptors (Lipinski definition) is 4. The van der Waals surface area contributed by atoms with Crippen molar-refractivity contribution in [2.24, 2.45) is 0 Å². The Hall–Kier alpha value is -2.08. The first kappa shape index (κ1) is 16.3. The van der Waals surface area contributed by atoms with E-state index in [9.17, 15) is 9.59 Å². The molecule has 0 unspecified atom stereocenters. The van der Waals surface area contributed by atoms with Crippen LogP contribution in [0.4, 0.5) is 0 Å². The van der Waals surface area contributed by atoms with Gasteiger partial charge in [0.15, 0.2) is 0 Å². The number of amides is 1. The number of carboxylic acid groups (broad SMARTS) is 1. The number of para-hydroxylation sites is 1. The van der Waals surface area contributed by atoms with Crippen LogP contribution in [0.1, 0.15) is 12.0 Å². The van der Waals surface area contributed by atoms with Gasteiger partial charge in [-0.3, -0.25) is 14.5 Å². The lowest BCUT2D eigenvalue weighted by Gasteiger charge is -2.33. The Morgan fingerprint density at radius 2 is 1.86 bits per heavy atom. The molecule has 1 heterocycles. The van der Waals surface area contributed by atoms with Crippen LogP contribution in [0, 0.1) is 6.92 Å². The molecule has 1 amide bonds. The Morgan fingerprint density at radius 1 is 1.18 bits per heavy atom. The molecule has 0 saturated carbocycles. The van der Waals surface area contributed by atoms with E-state index in [1.54, 1.807) is 4.90 Å². The highest BCUT2D eigenvalue weighted by Crippen LogP contribution is 2.16. The first-order valence-electron chi connectivity index (χ1n) is 7.46. The number of carboxylic acids is 1. The lowest BCUT2D eigenvalue weighted by molar-refractivity contribution is -0.139. The number of benzene rings is 1. The maximum Gasteiger partial charge on any atom is 0.317 e. The molecular weight excluding hydrogens is 284 g/mol. The summed E-state index contributed by atoms with van der Waals surface area (Å²) in [6.45, 7) is 4.75. The number of hydrogen-bond donors (Lipinski definition) is 1. The third-order valence-electron chi connectivity index (χ3n) is 3.75. The number of piperazine rings is 1. The minimum Gasteiger partial charge on any atom is -0.493 e. The van der Waals surface area contributed by atoms with Crippen LogP contribution in [0.2, 0.25) is 0 Å². The van der Waals surface area contributed by atoms with Crippen molar-refractivity contribution in [3.8, 4) is 5.75 Å². The highest BCUT2D eigenvalue weighted by atomic mass is 16.5. The molecule has 1 saturated heterocycles. The molecule has 1 aromatic carbocycles. The fourth-order valence-corrected chi connectivity index (χ4v) is 2.47. The first-order chi connectivity index (χ1) is 10.6. The zero-order chi connectivity index (χ0) is 15.9. The number of ether oxygens (including phenoxy) is 1. The van der Waals surface area contributed by atoms with Crippen molar-refractivity contribution in [3.63, 3.8) is 0 Å². The number of nitrogens with zero attached hydrogens (tertiary/aromatic N) is 2. The van der Waals surface area contributed by atoms with Crippen LogP contribution in [-0.2, 0) is 9.59 Å². The van der Waals surface area contributed by atoms with E-state index >= 15 is 0 Å². The normalized spacial score (nSPS) is 15.6. The van der Waals surface area contributed by atoms with Crippen molar-refractivity contribution in [1.29, 1.82) is 0 Å². The summed E-state index contributed by atoms with van der Waals surface area (Å²) < 4.78 is 5.64. The quantitative estimate of drug-likeness (QED) is 0.849. The van der Waals surface area contributed by atoms with E-state index in [4.69, 9.17) is 9.84 Å².